The van der Waals surface area contributed by atoms with Crippen LogP contribution >= 0.6 is 0 Å². The predicted molar refractivity (Wildman–Crippen MR) is 69.0 cm³/mol. The lowest BCUT2D eigenvalue weighted by Gasteiger charge is -2.16. The first kappa shape index (κ1) is 14.4. The number of nitrogens with two attached hydrogens (primary N) is 2. The number of aryl methyl sites for hydroxylation is 1. The molecule has 1 heterocycles. The third-order valence-electron chi connectivity index (χ3n) is 2.59. The summed E-state index contributed by atoms with van der Waals surface area (Å²) in [5, 5.41) is 0. The van der Waals surface area contributed by atoms with Crippen LogP contribution in [0, 0.1) is 6.92 Å². The smallest absolute Gasteiger partial charge is 0.254 e. The SMILES string of the molecule is CCCC(OCC)c1nc(C)c(C(N)=O)c(N)n1. The molecule has 0 saturated heterocycles. The maximum Gasteiger partial charge on any atom is 0.254 e. The molecule has 4 N–H and O–H groups in total. The van der Waals surface area contributed by atoms with E-state index >= 15 is 0 Å². The average Bonchev–Trinajstić information content (AvgIpc) is 2.27. The van der Waals surface area contributed by atoms with E-state index < -0.39 is 5.91 Å². The summed E-state index contributed by atoms with van der Waals surface area (Å²) in [5.41, 5.74) is 11.7. The first-order valence-electron chi connectivity index (χ1n) is 6.06. The van der Waals surface area contributed by atoms with Gasteiger partial charge in [-0.1, -0.05) is 13.3 Å². The second-order valence-electron chi connectivity index (χ2n) is 4.02. The fourth-order valence-electron chi connectivity index (χ4n) is 1.82. The number of carbonyl (C=O) groups excluding carboxylic acids is 1. The van der Waals surface area contributed by atoms with E-state index in [1.54, 1.807) is 6.92 Å². The quantitative estimate of drug-likeness (QED) is 0.795. The highest BCUT2D eigenvalue weighted by Gasteiger charge is 2.19. The van der Waals surface area contributed by atoms with Crippen LogP contribution in [0.1, 0.15) is 54.7 Å². The Kier molecular flexibility index (Phi) is 5.03. The molecular weight excluding hydrogens is 232 g/mol. The van der Waals surface area contributed by atoms with Crippen molar-refractivity contribution in [2.24, 2.45) is 5.73 Å². The minimum atomic E-state index is -0.611. The van der Waals surface area contributed by atoms with E-state index in [9.17, 15) is 4.79 Å². The molecule has 0 spiro atoms. The highest BCUT2D eigenvalue weighted by atomic mass is 16.5. The molecule has 1 atom stereocenters. The van der Waals surface area contributed by atoms with Crippen LogP contribution in [0.25, 0.3) is 0 Å². The van der Waals surface area contributed by atoms with Gasteiger partial charge in [-0.05, 0) is 20.3 Å². The third kappa shape index (κ3) is 3.16. The predicted octanol–water partition coefficient (Wildman–Crippen LogP) is 1.34. The van der Waals surface area contributed by atoms with Crippen LogP contribution in [0.2, 0.25) is 0 Å². The minimum absolute atomic E-state index is 0.116. The van der Waals surface area contributed by atoms with Crippen molar-refractivity contribution in [2.45, 2.75) is 39.7 Å². The van der Waals surface area contributed by atoms with Gasteiger partial charge in [0.25, 0.3) is 5.91 Å². The lowest BCUT2D eigenvalue weighted by atomic mass is 10.1. The maximum absolute atomic E-state index is 11.2. The lowest BCUT2D eigenvalue weighted by Crippen LogP contribution is -2.20. The number of hydrogen-bond acceptors (Lipinski definition) is 5. The fourth-order valence-corrected chi connectivity index (χ4v) is 1.82. The van der Waals surface area contributed by atoms with Crippen molar-refractivity contribution in [3.8, 4) is 0 Å². The number of nitrogen functional groups attached to an aromatic ring is 1. The van der Waals surface area contributed by atoms with Crippen LogP contribution in [0.4, 0.5) is 5.82 Å². The second-order valence-corrected chi connectivity index (χ2v) is 4.02. The van der Waals surface area contributed by atoms with Gasteiger partial charge in [-0.3, -0.25) is 4.79 Å². The highest BCUT2D eigenvalue weighted by molar-refractivity contribution is 5.98. The van der Waals surface area contributed by atoms with Gasteiger partial charge in [0.2, 0.25) is 0 Å². The molecule has 1 aromatic rings. The first-order chi connectivity index (χ1) is 8.51. The number of amides is 1. The van der Waals surface area contributed by atoms with E-state index in [2.05, 4.69) is 16.9 Å². The lowest BCUT2D eigenvalue weighted by molar-refractivity contribution is 0.0493. The van der Waals surface area contributed by atoms with E-state index in [1.807, 2.05) is 6.92 Å². The summed E-state index contributed by atoms with van der Waals surface area (Å²) in [6.45, 7) is 6.23. The molecule has 1 aromatic heterocycles. The Bertz CT molecular complexity index is 405. The Morgan fingerprint density at radius 3 is 2.50 bits per heavy atom. The summed E-state index contributed by atoms with van der Waals surface area (Å²) in [5.74, 6) is 0.0181. The van der Waals surface area contributed by atoms with Crippen LogP contribution in [-0.2, 0) is 4.74 Å². The summed E-state index contributed by atoms with van der Waals surface area (Å²) in [4.78, 5) is 19.6. The van der Waals surface area contributed by atoms with Crippen molar-refractivity contribution >= 4 is 11.7 Å². The molecule has 1 rings (SSSR count). The molecule has 0 aliphatic rings. The Balaban J connectivity index is 3.14. The van der Waals surface area contributed by atoms with Gasteiger partial charge in [0.05, 0.1) is 5.69 Å². The summed E-state index contributed by atoms with van der Waals surface area (Å²) >= 11 is 0. The van der Waals surface area contributed by atoms with Gasteiger partial charge in [-0.25, -0.2) is 9.97 Å². The van der Waals surface area contributed by atoms with E-state index in [0.717, 1.165) is 12.8 Å². The van der Waals surface area contributed by atoms with Crippen LogP contribution in [0.5, 0.6) is 0 Å². The zero-order valence-corrected chi connectivity index (χ0v) is 11.1. The number of nitrogens with zero attached hydrogens (tertiary/aromatic N) is 2. The van der Waals surface area contributed by atoms with Gasteiger partial charge in [0.1, 0.15) is 17.5 Å². The summed E-state index contributed by atoms with van der Waals surface area (Å²) in [7, 11) is 0. The molecule has 0 fully saturated rings. The van der Waals surface area contributed by atoms with Crippen LogP contribution < -0.4 is 11.5 Å². The molecular formula is C12H20N4O2. The van der Waals surface area contributed by atoms with Crippen molar-refractivity contribution in [1.82, 2.24) is 9.97 Å². The molecule has 1 amide bonds. The zero-order valence-electron chi connectivity index (χ0n) is 11.1. The highest BCUT2D eigenvalue weighted by Crippen LogP contribution is 2.22. The van der Waals surface area contributed by atoms with Gasteiger partial charge in [-0.15, -0.1) is 0 Å². The monoisotopic (exact) mass is 252 g/mol. The topological polar surface area (TPSA) is 104 Å². The van der Waals surface area contributed by atoms with E-state index in [-0.39, 0.29) is 17.5 Å². The molecule has 1 unspecified atom stereocenters. The standard InChI is InChI=1S/C12H20N4O2/c1-4-6-8(18-5-2)12-15-7(3)9(11(14)17)10(13)16-12/h8H,4-6H2,1-3H3,(H2,14,17)(H2,13,15,16). The molecule has 0 aromatic carbocycles. The first-order valence-corrected chi connectivity index (χ1v) is 6.06. The van der Waals surface area contributed by atoms with E-state index in [1.165, 1.54) is 0 Å². The minimum Gasteiger partial charge on any atom is -0.383 e. The Hall–Kier alpha value is -1.69. The van der Waals surface area contributed by atoms with Crippen molar-refractivity contribution in [3.63, 3.8) is 0 Å². The Morgan fingerprint density at radius 2 is 2.06 bits per heavy atom. The van der Waals surface area contributed by atoms with Crippen molar-refractivity contribution < 1.29 is 9.53 Å². The van der Waals surface area contributed by atoms with Crippen LogP contribution in [0.15, 0.2) is 0 Å². The average molecular weight is 252 g/mol. The van der Waals surface area contributed by atoms with E-state index in [0.29, 0.717) is 18.1 Å². The summed E-state index contributed by atoms with van der Waals surface area (Å²) < 4.78 is 5.58. The molecule has 6 nitrogen and oxygen atoms in total. The van der Waals surface area contributed by atoms with Crippen LogP contribution in [-0.4, -0.2) is 22.5 Å². The molecule has 0 radical (unpaired) electrons. The van der Waals surface area contributed by atoms with Gasteiger partial charge in [-0.2, -0.15) is 0 Å². The van der Waals surface area contributed by atoms with Crippen molar-refractivity contribution in [1.29, 1.82) is 0 Å². The van der Waals surface area contributed by atoms with Crippen LogP contribution in [0.3, 0.4) is 0 Å². The largest absolute Gasteiger partial charge is 0.383 e. The summed E-state index contributed by atoms with van der Waals surface area (Å²) in [6.07, 6.45) is 1.57. The third-order valence-corrected chi connectivity index (χ3v) is 2.59. The Morgan fingerprint density at radius 1 is 1.39 bits per heavy atom. The number of carbonyl (C=O) groups is 1. The molecule has 0 saturated carbocycles. The fraction of sp³-hybridized carbons (Fsp3) is 0.583. The van der Waals surface area contributed by atoms with Gasteiger partial charge >= 0.3 is 0 Å². The molecule has 6 heteroatoms. The normalized spacial score (nSPS) is 12.4. The number of anilines is 1. The second kappa shape index (κ2) is 6.30. The number of primary amides is 1. The Labute approximate surface area is 107 Å². The maximum atomic E-state index is 11.2. The van der Waals surface area contributed by atoms with Gasteiger partial charge in [0.15, 0.2) is 5.82 Å². The number of rotatable bonds is 6. The molecule has 18 heavy (non-hydrogen) atoms. The number of hydrogen-bond donors (Lipinski definition) is 2. The van der Waals surface area contributed by atoms with Gasteiger partial charge in [0, 0.05) is 6.61 Å². The van der Waals surface area contributed by atoms with Crippen molar-refractivity contribution in [3.05, 3.63) is 17.1 Å². The molecule has 0 aliphatic carbocycles. The van der Waals surface area contributed by atoms with Crippen molar-refractivity contribution in [2.75, 3.05) is 12.3 Å². The molecule has 0 bridgehead atoms. The summed E-state index contributed by atoms with van der Waals surface area (Å²) in [6, 6.07) is 0. The number of ether oxygens (including phenoxy) is 1. The van der Waals surface area contributed by atoms with Gasteiger partial charge < -0.3 is 16.2 Å². The molecule has 0 aliphatic heterocycles. The molecule has 100 valence electrons. The van der Waals surface area contributed by atoms with E-state index in [4.69, 9.17) is 16.2 Å². The number of aromatic nitrogens is 2. The zero-order chi connectivity index (χ0) is 13.7.